The largest absolute Gasteiger partial charge is 0.380 e. The first kappa shape index (κ1) is 7.40. The molecule has 0 amide bonds. The van der Waals surface area contributed by atoms with Gasteiger partial charge >= 0.3 is 0 Å². The number of aryl methyl sites for hydroxylation is 2. The second-order valence-electron chi connectivity index (χ2n) is 3.14. The van der Waals surface area contributed by atoms with Gasteiger partial charge in [0.25, 0.3) is 0 Å². The van der Waals surface area contributed by atoms with Gasteiger partial charge in [-0.15, -0.1) is 0 Å². The molecule has 1 aliphatic rings. The normalized spacial score (nSPS) is 14.5. The molecule has 64 valence electrons. The molecule has 0 atom stereocenters. The third kappa shape index (κ3) is 1.11. The van der Waals surface area contributed by atoms with Gasteiger partial charge in [-0.1, -0.05) is 0 Å². The fraction of sp³-hybridized carbons (Fsp3) is 0.444. The van der Waals surface area contributed by atoms with Crippen LogP contribution in [-0.2, 0) is 0 Å². The second kappa shape index (κ2) is 2.66. The molecular formula is C9H13N3. The van der Waals surface area contributed by atoms with E-state index in [1.54, 1.807) is 0 Å². The standard InChI is InChI=1S/C9H13N3/c1-6-5-8-9(12-7(6)2)11-4-3-10-8/h5,10H,3-4H2,1-2H3,(H,11,12). The Labute approximate surface area is 72.2 Å². The summed E-state index contributed by atoms with van der Waals surface area (Å²) in [5.74, 6) is 0.990. The van der Waals surface area contributed by atoms with Gasteiger partial charge < -0.3 is 10.6 Å². The smallest absolute Gasteiger partial charge is 0.149 e. The van der Waals surface area contributed by atoms with Gasteiger partial charge in [0.15, 0.2) is 0 Å². The summed E-state index contributed by atoms with van der Waals surface area (Å²) in [5.41, 5.74) is 3.47. The highest BCUT2D eigenvalue weighted by Crippen LogP contribution is 2.23. The quantitative estimate of drug-likeness (QED) is 0.609. The van der Waals surface area contributed by atoms with Crippen LogP contribution >= 0.6 is 0 Å². The maximum atomic E-state index is 4.44. The molecule has 1 aromatic heterocycles. The molecule has 0 saturated heterocycles. The molecule has 0 bridgehead atoms. The van der Waals surface area contributed by atoms with E-state index in [1.807, 2.05) is 6.92 Å². The molecule has 1 aromatic rings. The number of aromatic nitrogens is 1. The predicted octanol–water partition coefficient (Wildman–Crippen LogP) is 1.54. The Kier molecular flexibility index (Phi) is 1.64. The first-order valence-electron chi connectivity index (χ1n) is 4.23. The summed E-state index contributed by atoms with van der Waals surface area (Å²) in [5, 5.41) is 6.56. The van der Waals surface area contributed by atoms with E-state index in [-0.39, 0.29) is 0 Å². The lowest BCUT2D eigenvalue weighted by Gasteiger charge is -2.19. The highest BCUT2D eigenvalue weighted by atomic mass is 15.1. The summed E-state index contributed by atoms with van der Waals surface area (Å²) in [6.45, 7) is 6.06. The minimum atomic E-state index is 0.961. The molecule has 2 rings (SSSR count). The molecule has 3 heteroatoms. The molecule has 3 nitrogen and oxygen atoms in total. The van der Waals surface area contributed by atoms with Crippen LogP contribution in [0.4, 0.5) is 11.5 Å². The molecule has 0 aliphatic carbocycles. The van der Waals surface area contributed by atoms with Crippen LogP contribution in [0.3, 0.4) is 0 Å². The molecular weight excluding hydrogens is 150 g/mol. The summed E-state index contributed by atoms with van der Waals surface area (Å²) in [7, 11) is 0. The van der Waals surface area contributed by atoms with E-state index < -0.39 is 0 Å². The van der Waals surface area contributed by atoms with E-state index in [2.05, 4.69) is 28.6 Å². The maximum Gasteiger partial charge on any atom is 0.149 e. The van der Waals surface area contributed by atoms with E-state index in [9.17, 15) is 0 Å². The van der Waals surface area contributed by atoms with Crippen LogP contribution in [0.25, 0.3) is 0 Å². The monoisotopic (exact) mass is 163 g/mol. The van der Waals surface area contributed by atoms with Crippen LogP contribution in [0.5, 0.6) is 0 Å². The van der Waals surface area contributed by atoms with Gasteiger partial charge in [-0.3, -0.25) is 0 Å². The molecule has 2 heterocycles. The second-order valence-corrected chi connectivity index (χ2v) is 3.14. The van der Waals surface area contributed by atoms with E-state index in [1.165, 1.54) is 5.56 Å². The minimum absolute atomic E-state index is 0.961. The van der Waals surface area contributed by atoms with Crippen molar-refractivity contribution in [3.8, 4) is 0 Å². The summed E-state index contributed by atoms with van der Waals surface area (Å²) in [6.07, 6.45) is 0. The summed E-state index contributed by atoms with van der Waals surface area (Å²) < 4.78 is 0. The van der Waals surface area contributed by atoms with Crippen LogP contribution in [0.15, 0.2) is 6.07 Å². The van der Waals surface area contributed by atoms with Gasteiger partial charge in [0, 0.05) is 18.8 Å². The average Bonchev–Trinajstić information content (AvgIpc) is 2.07. The number of nitrogens with zero attached hydrogens (tertiary/aromatic N) is 1. The third-order valence-corrected chi connectivity index (χ3v) is 2.20. The Morgan fingerprint density at radius 3 is 2.83 bits per heavy atom. The van der Waals surface area contributed by atoms with Crippen molar-refractivity contribution in [2.75, 3.05) is 23.7 Å². The number of anilines is 2. The Hall–Kier alpha value is -1.25. The van der Waals surface area contributed by atoms with Gasteiger partial charge in [0.2, 0.25) is 0 Å². The van der Waals surface area contributed by atoms with Crippen molar-refractivity contribution >= 4 is 11.5 Å². The number of pyridine rings is 1. The molecule has 2 N–H and O–H groups in total. The molecule has 0 fully saturated rings. The van der Waals surface area contributed by atoms with Crippen LogP contribution in [0.2, 0.25) is 0 Å². The molecule has 0 aromatic carbocycles. The lowest BCUT2D eigenvalue weighted by molar-refractivity contribution is 1.00. The first-order valence-corrected chi connectivity index (χ1v) is 4.23. The van der Waals surface area contributed by atoms with Crippen molar-refractivity contribution in [1.29, 1.82) is 0 Å². The fourth-order valence-electron chi connectivity index (χ4n) is 1.35. The third-order valence-electron chi connectivity index (χ3n) is 2.20. The number of rotatable bonds is 0. The number of fused-ring (bicyclic) bond motifs is 1. The minimum Gasteiger partial charge on any atom is -0.380 e. The Morgan fingerprint density at radius 2 is 2.00 bits per heavy atom. The zero-order chi connectivity index (χ0) is 8.55. The van der Waals surface area contributed by atoms with Crippen molar-refractivity contribution in [1.82, 2.24) is 4.98 Å². The highest BCUT2D eigenvalue weighted by molar-refractivity contribution is 5.67. The number of nitrogens with one attached hydrogen (secondary N) is 2. The van der Waals surface area contributed by atoms with Crippen LogP contribution < -0.4 is 10.6 Å². The number of hydrogen-bond donors (Lipinski definition) is 2. The van der Waals surface area contributed by atoms with Crippen LogP contribution in [0, 0.1) is 13.8 Å². The zero-order valence-electron chi connectivity index (χ0n) is 7.44. The summed E-state index contributed by atoms with van der Waals surface area (Å²) >= 11 is 0. The van der Waals surface area contributed by atoms with Crippen LogP contribution in [0.1, 0.15) is 11.3 Å². The Balaban J connectivity index is 2.49. The van der Waals surface area contributed by atoms with Gasteiger partial charge in [0.1, 0.15) is 5.82 Å². The summed E-state index contributed by atoms with van der Waals surface area (Å²) in [6, 6.07) is 2.14. The van der Waals surface area contributed by atoms with E-state index in [4.69, 9.17) is 0 Å². The Morgan fingerprint density at radius 1 is 1.25 bits per heavy atom. The topological polar surface area (TPSA) is 37.0 Å². The lowest BCUT2D eigenvalue weighted by Crippen LogP contribution is -2.21. The van der Waals surface area contributed by atoms with Gasteiger partial charge in [-0.25, -0.2) is 4.98 Å². The molecule has 1 aliphatic heterocycles. The van der Waals surface area contributed by atoms with Gasteiger partial charge in [-0.05, 0) is 25.5 Å². The van der Waals surface area contributed by atoms with Crippen molar-refractivity contribution in [3.05, 3.63) is 17.3 Å². The maximum absolute atomic E-state index is 4.44. The van der Waals surface area contributed by atoms with Crippen molar-refractivity contribution in [2.45, 2.75) is 13.8 Å². The average molecular weight is 163 g/mol. The van der Waals surface area contributed by atoms with Gasteiger partial charge in [-0.2, -0.15) is 0 Å². The van der Waals surface area contributed by atoms with E-state index in [0.29, 0.717) is 0 Å². The predicted molar refractivity (Wildman–Crippen MR) is 50.7 cm³/mol. The lowest BCUT2D eigenvalue weighted by atomic mass is 10.2. The van der Waals surface area contributed by atoms with Crippen molar-refractivity contribution in [2.24, 2.45) is 0 Å². The first-order chi connectivity index (χ1) is 5.77. The zero-order valence-corrected chi connectivity index (χ0v) is 7.44. The van der Waals surface area contributed by atoms with E-state index >= 15 is 0 Å². The van der Waals surface area contributed by atoms with E-state index in [0.717, 1.165) is 30.3 Å². The SMILES string of the molecule is Cc1cc2c(nc1C)NCCN2. The highest BCUT2D eigenvalue weighted by Gasteiger charge is 2.09. The Bertz CT molecular complexity index is 276. The van der Waals surface area contributed by atoms with Crippen LogP contribution in [-0.4, -0.2) is 18.1 Å². The molecule has 0 spiro atoms. The number of hydrogen-bond acceptors (Lipinski definition) is 3. The fourth-order valence-corrected chi connectivity index (χ4v) is 1.35. The molecule has 12 heavy (non-hydrogen) atoms. The molecule has 0 saturated carbocycles. The molecule has 0 radical (unpaired) electrons. The van der Waals surface area contributed by atoms with Crippen molar-refractivity contribution < 1.29 is 0 Å². The molecule has 0 unspecified atom stereocenters. The van der Waals surface area contributed by atoms with Crippen molar-refractivity contribution in [3.63, 3.8) is 0 Å². The van der Waals surface area contributed by atoms with Gasteiger partial charge in [0.05, 0.1) is 5.69 Å². The summed E-state index contributed by atoms with van der Waals surface area (Å²) in [4.78, 5) is 4.44.